The Morgan fingerprint density at radius 2 is 1.64 bits per heavy atom. The Balaban J connectivity index is 1.52. The van der Waals surface area contributed by atoms with Crippen molar-refractivity contribution in [2.24, 2.45) is 0 Å². The third kappa shape index (κ3) is 4.82. The van der Waals surface area contributed by atoms with Gasteiger partial charge in [0.05, 0.1) is 14.2 Å². The van der Waals surface area contributed by atoms with Crippen molar-refractivity contribution in [3.05, 3.63) is 53.6 Å². The van der Waals surface area contributed by atoms with E-state index in [0.29, 0.717) is 35.6 Å². The number of aryl methyl sites for hydroxylation is 1. The summed E-state index contributed by atoms with van der Waals surface area (Å²) in [6.07, 6.45) is 3.08. The molecule has 1 aliphatic rings. The average Bonchev–Trinajstić information content (AvgIpc) is 3.27. The van der Waals surface area contributed by atoms with Gasteiger partial charge in [0.15, 0.2) is 11.5 Å². The molecule has 0 saturated carbocycles. The molecule has 0 spiro atoms. The van der Waals surface area contributed by atoms with Gasteiger partial charge in [0.2, 0.25) is 5.91 Å². The lowest BCUT2D eigenvalue weighted by Gasteiger charge is -2.15. The van der Waals surface area contributed by atoms with Gasteiger partial charge in [0, 0.05) is 30.8 Å². The fourth-order valence-electron chi connectivity index (χ4n) is 3.32. The third-order valence-electron chi connectivity index (χ3n) is 4.90. The summed E-state index contributed by atoms with van der Waals surface area (Å²) >= 11 is 0. The van der Waals surface area contributed by atoms with E-state index in [1.165, 1.54) is 0 Å². The fourth-order valence-corrected chi connectivity index (χ4v) is 3.32. The first-order valence-corrected chi connectivity index (χ1v) is 9.51. The van der Waals surface area contributed by atoms with Crippen LogP contribution < -0.4 is 14.8 Å². The topological polar surface area (TPSA) is 67.9 Å². The SMILES string of the molecule is COc1ccc(CCC(=O)Nc2ccc(C(=O)N3CCCC3)cc2)cc1OC. The minimum Gasteiger partial charge on any atom is -0.493 e. The molecule has 2 aromatic carbocycles. The van der Waals surface area contributed by atoms with Crippen LogP contribution in [0.3, 0.4) is 0 Å². The molecule has 1 heterocycles. The number of nitrogens with zero attached hydrogens (tertiary/aromatic N) is 1. The number of carbonyl (C=O) groups is 2. The van der Waals surface area contributed by atoms with Gasteiger partial charge in [0.25, 0.3) is 5.91 Å². The molecule has 6 nitrogen and oxygen atoms in total. The van der Waals surface area contributed by atoms with Crippen molar-refractivity contribution in [1.82, 2.24) is 4.90 Å². The Labute approximate surface area is 165 Å². The molecule has 0 atom stereocenters. The van der Waals surface area contributed by atoms with E-state index in [-0.39, 0.29) is 11.8 Å². The van der Waals surface area contributed by atoms with Gasteiger partial charge in [-0.15, -0.1) is 0 Å². The van der Waals surface area contributed by atoms with Gasteiger partial charge in [-0.1, -0.05) is 6.07 Å². The molecule has 1 aliphatic heterocycles. The maximum atomic E-state index is 12.4. The second kappa shape index (κ2) is 9.26. The highest BCUT2D eigenvalue weighted by atomic mass is 16.5. The van der Waals surface area contributed by atoms with E-state index >= 15 is 0 Å². The van der Waals surface area contributed by atoms with Gasteiger partial charge < -0.3 is 19.7 Å². The van der Waals surface area contributed by atoms with Crippen molar-refractivity contribution >= 4 is 17.5 Å². The molecule has 2 aromatic rings. The highest BCUT2D eigenvalue weighted by Gasteiger charge is 2.19. The lowest BCUT2D eigenvalue weighted by Crippen LogP contribution is -2.27. The zero-order valence-corrected chi connectivity index (χ0v) is 16.4. The summed E-state index contributed by atoms with van der Waals surface area (Å²) in [5.41, 5.74) is 2.35. The largest absolute Gasteiger partial charge is 0.493 e. The molecule has 1 fully saturated rings. The van der Waals surface area contributed by atoms with Crippen LogP contribution in [0.15, 0.2) is 42.5 Å². The highest BCUT2D eigenvalue weighted by molar-refractivity contribution is 5.96. The number of carbonyl (C=O) groups excluding carboxylic acids is 2. The first-order valence-electron chi connectivity index (χ1n) is 9.51. The number of hydrogen-bond donors (Lipinski definition) is 1. The van der Waals surface area contributed by atoms with Gasteiger partial charge in [-0.05, 0) is 61.2 Å². The zero-order valence-electron chi connectivity index (χ0n) is 16.4. The summed E-state index contributed by atoms with van der Waals surface area (Å²) in [5, 5.41) is 2.88. The number of benzene rings is 2. The Bertz CT molecular complexity index is 827. The van der Waals surface area contributed by atoms with Crippen molar-refractivity contribution in [3.8, 4) is 11.5 Å². The lowest BCUT2D eigenvalue weighted by atomic mass is 10.1. The lowest BCUT2D eigenvalue weighted by molar-refractivity contribution is -0.116. The second-order valence-corrected chi connectivity index (χ2v) is 6.81. The first-order chi connectivity index (χ1) is 13.6. The predicted octanol–water partition coefficient (Wildman–Crippen LogP) is 3.51. The van der Waals surface area contributed by atoms with Crippen LogP contribution in [0.4, 0.5) is 5.69 Å². The second-order valence-electron chi connectivity index (χ2n) is 6.81. The minimum atomic E-state index is -0.0756. The van der Waals surface area contributed by atoms with E-state index in [4.69, 9.17) is 9.47 Å². The van der Waals surface area contributed by atoms with Crippen molar-refractivity contribution in [2.45, 2.75) is 25.7 Å². The Kier molecular flexibility index (Phi) is 6.53. The summed E-state index contributed by atoms with van der Waals surface area (Å²) in [7, 11) is 3.18. The monoisotopic (exact) mass is 382 g/mol. The van der Waals surface area contributed by atoms with Gasteiger partial charge in [-0.25, -0.2) is 0 Å². The predicted molar refractivity (Wildman–Crippen MR) is 108 cm³/mol. The van der Waals surface area contributed by atoms with Gasteiger partial charge >= 0.3 is 0 Å². The van der Waals surface area contributed by atoms with Crippen LogP contribution in [-0.2, 0) is 11.2 Å². The number of nitrogens with one attached hydrogen (secondary N) is 1. The van der Waals surface area contributed by atoms with Crippen LogP contribution in [0.25, 0.3) is 0 Å². The third-order valence-corrected chi connectivity index (χ3v) is 4.90. The smallest absolute Gasteiger partial charge is 0.253 e. The molecule has 148 valence electrons. The summed E-state index contributed by atoms with van der Waals surface area (Å²) < 4.78 is 10.5. The van der Waals surface area contributed by atoms with Crippen LogP contribution in [0.2, 0.25) is 0 Å². The standard InChI is InChI=1S/C22H26N2O4/c1-27-19-11-5-16(15-20(19)28-2)6-12-21(25)23-18-9-7-17(8-10-18)22(26)24-13-3-4-14-24/h5,7-11,15H,3-4,6,12-14H2,1-2H3,(H,23,25). The summed E-state index contributed by atoms with van der Waals surface area (Å²) in [5.74, 6) is 1.30. The van der Waals surface area contributed by atoms with Crippen molar-refractivity contribution in [2.75, 3.05) is 32.6 Å². The maximum Gasteiger partial charge on any atom is 0.253 e. The van der Waals surface area contributed by atoms with E-state index in [0.717, 1.165) is 31.5 Å². The Hall–Kier alpha value is -3.02. The number of amides is 2. The van der Waals surface area contributed by atoms with Gasteiger partial charge in [-0.2, -0.15) is 0 Å². The molecule has 0 bridgehead atoms. The molecular weight excluding hydrogens is 356 g/mol. The molecule has 0 radical (unpaired) electrons. The number of rotatable bonds is 7. The van der Waals surface area contributed by atoms with Crippen molar-refractivity contribution in [3.63, 3.8) is 0 Å². The molecule has 1 N–H and O–H groups in total. The zero-order chi connectivity index (χ0) is 19.9. The summed E-state index contributed by atoms with van der Waals surface area (Å²) in [6, 6.07) is 12.7. The number of likely N-dealkylation sites (tertiary alicyclic amines) is 1. The van der Waals surface area contributed by atoms with Crippen LogP contribution in [0, 0.1) is 0 Å². The molecule has 0 aliphatic carbocycles. The number of methoxy groups -OCH3 is 2. The normalized spacial score (nSPS) is 13.3. The summed E-state index contributed by atoms with van der Waals surface area (Å²) in [6.45, 7) is 1.65. The van der Waals surface area contributed by atoms with Crippen LogP contribution >= 0.6 is 0 Å². The van der Waals surface area contributed by atoms with E-state index in [1.54, 1.807) is 38.5 Å². The quantitative estimate of drug-likeness (QED) is 0.796. The Morgan fingerprint density at radius 1 is 0.964 bits per heavy atom. The number of ether oxygens (including phenoxy) is 2. The maximum absolute atomic E-state index is 12.4. The molecule has 6 heteroatoms. The first kappa shape index (κ1) is 19.7. The molecule has 28 heavy (non-hydrogen) atoms. The molecule has 1 saturated heterocycles. The fraction of sp³-hybridized carbons (Fsp3) is 0.364. The van der Waals surface area contributed by atoms with E-state index in [9.17, 15) is 9.59 Å². The minimum absolute atomic E-state index is 0.0591. The molecule has 0 unspecified atom stereocenters. The molecule has 2 amide bonds. The van der Waals surface area contributed by atoms with Crippen molar-refractivity contribution < 1.29 is 19.1 Å². The van der Waals surface area contributed by atoms with Gasteiger partial charge in [0.1, 0.15) is 0 Å². The van der Waals surface area contributed by atoms with E-state index in [2.05, 4.69) is 5.32 Å². The van der Waals surface area contributed by atoms with E-state index in [1.807, 2.05) is 23.1 Å². The van der Waals surface area contributed by atoms with Crippen LogP contribution in [-0.4, -0.2) is 44.0 Å². The highest BCUT2D eigenvalue weighted by Crippen LogP contribution is 2.28. The number of hydrogen-bond acceptors (Lipinski definition) is 4. The van der Waals surface area contributed by atoms with Gasteiger partial charge in [-0.3, -0.25) is 9.59 Å². The Morgan fingerprint density at radius 3 is 2.29 bits per heavy atom. The summed E-state index contributed by atoms with van der Waals surface area (Å²) in [4.78, 5) is 26.5. The van der Waals surface area contributed by atoms with Crippen molar-refractivity contribution in [1.29, 1.82) is 0 Å². The number of anilines is 1. The molecule has 0 aromatic heterocycles. The van der Waals surface area contributed by atoms with Crippen LogP contribution in [0.1, 0.15) is 35.2 Å². The molecule has 3 rings (SSSR count). The average molecular weight is 382 g/mol. The van der Waals surface area contributed by atoms with E-state index < -0.39 is 0 Å². The van der Waals surface area contributed by atoms with Crippen LogP contribution in [0.5, 0.6) is 11.5 Å². The molecular formula is C22H26N2O4.